The van der Waals surface area contributed by atoms with Crippen LogP contribution in [0.2, 0.25) is 0 Å². The second-order valence-electron chi connectivity index (χ2n) is 3.01. The van der Waals surface area contributed by atoms with Crippen LogP contribution in [0.3, 0.4) is 0 Å². The summed E-state index contributed by atoms with van der Waals surface area (Å²) in [7, 11) is 0. The third kappa shape index (κ3) is 20.5. The molecule has 0 fully saturated rings. The number of aliphatic hydroxyl groups excluding tert-OH is 2. The first kappa shape index (κ1) is 20.8. The topological polar surface area (TPSA) is 64.5 Å². The van der Waals surface area contributed by atoms with Crippen molar-refractivity contribution in [3.63, 3.8) is 0 Å². The summed E-state index contributed by atoms with van der Waals surface area (Å²) in [6, 6.07) is 0. The molecule has 0 aliphatic carbocycles. The third-order valence-corrected chi connectivity index (χ3v) is 1.78. The average Bonchev–Trinajstić information content (AvgIpc) is 2.16. The molecule has 0 aliphatic rings. The first-order valence-electron chi connectivity index (χ1n) is 5.05. The molecule has 0 aliphatic heterocycles. The van der Waals surface area contributed by atoms with Gasteiger partial charge in [-0.2, -0.15) is 0 Å². The highest BCUT2D eigenvalue weighted by molar-refractivity contribution is 5.85. The Morgan fingerprint density at radius 1 is 0.600 bits per heavy atom. The van der Waals surface area contributed by atoms with E-state index in [0.29, 0.717) is 13.1 Å². The van der Waals surface area contributed by atoms with E-state index in [9.17, 15) is 0 Å². The van der Waals surface area contributed by atoms with Crippen molar-refractivity contribution in [2.45, 2.75) is 19.3 Å². The number of hydrogen-bond acceptors (Lipinski definition) is 4. The molecular formula is C9H24Cl2N2O2. The van der Waals surface area contributed by atoms with Crippen molar-refractivity contribution in [3.8, 4) is 0 Å². The molecule has 0 unspecified atom stereocenters. The molecule has 6 heteroatoms. The van der Waals surface area contributed by atoms with Crippen LogP contribution < -0.4 is 10.6 Å². The number of nitrogens with one attached hydrogen (secondary N) is 2. The lowest BCUT2D eigenvalue weighted by molar-refractivity contribution is 0.290. The molecule has 4 nitrogen and oxygen atoms in total. The first-order chi connectivity index (χ1) is 6.41. The number of rotatable bonds is 10. The van der Waals surface area contributed by atoms with Crippen LogP contribution in [0.15, 0.2) is 0 Å². The third-order valence-electron chi connectivity index (χ3n) is 1.78. The second kappa shape index (κ2) is 19.9. The van der Waals surface area contributed by atoms with Gasteiger partial charge in [0.25, 0.3) is 0 Å². The Bertz CT molecular complexity index is 90.2. The first-order valence-corrected chi connectivity index (χ1v) is 5.05. The maximum atomic E-state index is 8.47. The van der Waals surface area contributed by atoms with E-state index in [1.165, 1.54) is 6.42 Å². The zero-order valence-corrected chi connectivity index (χ0v) is 10.7. The van der Waals surface area contributed by atoms with Crippen molar-refractivity contribution in [3.05, 3.63) is 0 Å². The Labute approximate surface area is 105 Å². The Hall–Kier alpha value is 0.420. The fourth-order valence-corrected chi connectivity index (χ4v) is 1.08. The van der Waals surface area contributed by atoms with Crippen molar-refractivity contribution in [2.24, 2.45) is 0 Å². The molecule has 0 aromatic heterocycles. The van der Waals surface area contributed by atoms with Gasteiger partial charge in [-0.25, -0.2) is 0 Å². The average molecular weight is 263 g/mol. The summed E-state index contributed by atoms with van der Waals surface area (Å²) in [6.45, 7) is 3.81. The van der Waals surface area contributed by atoms with Crippen LogP contribution in [-0.2, 0) is 0 Å². The summed E-state index contributed by atoms with van der Waals surface area (Å²) in [5.41, 5.74) is 0. The van der Waals surface area contributed by atoms with Gasteiger partial charge >= 0.3 is 0 Å². The molecule has 0 atom stereocenters. The lowest BCUT2D eigenvalue weighted by Crippen LogP contribution is -2.21. The molecule has 0 bridgehead atoms. The maximum Gasteiger partial charge on any atom is 0.0555 e. The Morgan fingerprint density at radius 3 is 1.33 bits per heavy atom. The van der Waals surface area contributed by atoms with Crippen molar-refractivity contribution in [1.82, 2.24) is 10.6 Å². The molecular weight excluding hydrogens is 239 g/mol. The van der Waals surface area contributed by atoms with Crippen LogP contribution in [0.5, 0.6) is 0 Å². The molecule has 0 aromatic rings. The van der Waals surface area contributed by atoms with E-state index < -0.39 is 0 Å². The summed E-state index contributed by atoms with van der Waals surface area (Å²) < 4.78 is 0. The van der Waals surface area contributed by atoms with Crippen LogP contribution in [0, 0.1) is 0 Å². The standard InChI is InChI=1S/C9H22N2O2.2ClH/c12-8-6-10-4-2-1-3-5-11-7-9-13;;/h10-13H,1-9H2;2*1H. The van der Waals surface area contributed by atoms with Gasteiger partial charge in [0.1, 0.15) is 0 Å². The summed E-state index contributed by atoms with van der Waals surface area (Å²) in [6.07, 6.45) is 3.50. The molecule has 0 radical (unpaired) electrons. The van der Waals surface area contributed by atoms with Gasteiger partial charge in [-0.05, 0) is 25.9 Å². The Morgan fingerprint density at radius 2 is 1.00 bits per heavy atom. The monoisotopic (exact) mass is 262 g/mol. The van der Waals surface area contributed by atoms with Gasteiger partial charge in [-0.3, -0.25) is 0 Å². The molecule has 0 saturated heterocycles. The van der Waals surface area contributed by atoms with Gasteiger partial charge < -0.3 is 20.8 Å². The van der Waals surface area contributed by atoms with Gasteiger partial charge in [-0.15, -0.1) is 24.8 Å². The fourth-order valence-electron chi connectivity index (χ4n) is 1.08. The predicted molar refractivity (Wildman–Crippen MR) is 68.3 cm³/mol. The number of hydrogen-bond donors (Lipinski definition) is 4. The van der Waals surface area contributed by atoms with E-state index in [2.05, 4.69) is 10.6 Å². The normalized spacial score (nSPS) is 9.20. The summed E-state index contributed by atoms with van der Waals surface area (Å²) in [5, 5.41) is 23.2. The van der Waals surface area contributed by atoms with Gasteiger partial charge in [-0.1, -0.05) is 6.42 Å². The van der Waals surface area contributed by atoms with Crippen molar-refractivity contribution in [2.75, 3.05) is 39.4 Å². The summed E-state index contributed by atoms with van der Waals surface area (Å²) in [5.74, 6) is 0. The lowest BCUT2D eigenvalue weighted by atomic mass is 10.2. The minimum atomic E-state index is 0. The second-order valence-corrected chi connectivity index (χ2v) is 3.01. The van der Waals surface area contributed by atoms with E-state index >= 15 is 0 Å². The van der Waals surface area contributed by atoms with Crippen LogP contribution in [0.4, 0.5) is 0 Å². The quantitative estimate of drug-likeness (QED) is 0.424. The largest absolute Gasteiger partial charge is 0.395 e. The molecule has 0 aromatic carbocycles. The van der Waals surface area contributed by atoms with Gasteiger partial charge in [0, 0.05) is 13.1 Å². The minimum absolute atomic E-state index is 0. The molecule has 0 rings (SSSR count). The summed E-state index contributed by atoms with van der Waals surface area (Å²) in [4.78, 5) is 0. The highest BCUT2D eigenvalue weighted by atomic mass is 35.5. The van der Waals surface area contributed by atoms with Crippen molar-refractivity contribution < 1.29 is 10.2 Å². The molecule has 15 heavy (non-hydrogen) atoms. The molecule has 96 valence electrons. The highest BCUT2D eigenvalue weighted by Gasteiger charge is 1.89. The number of halogens is 2. The SMILES string of the molecule is Cl.Cl.OCCNCCCCCNCCO. The van der Waals surface area contributed by atoms with Crippen LogP contribution in [0.1, 0.15) is 19.3 Å². The van der Waals surface area contributed by atoms with Gasteiger partial charge in [0.05, 0.1) is 13.2 Å². The smallest absolute Gasteiger partial charge is 0.0555 e. The van der Waals surface area contributed by atoms with Gasteiger partial charge in [0.2, 0.25) is 0 Å². The van der Waals surface area contributed by atoms with Crippen LogP contribution in [-0.4, -0.2) is 49.6 Å². The maximum absolute atomic E-state index is 8.47. The lowest BCUT2D eigenvalue weighted by Gasteiger charge is -2.03. The van der Waals surface area contributed by atoms with E-state index in [1.807, 2.05) is 0 Å². The predicted octanol–water partition coefficient (Wildman–Crippen LogP) is 0.164. The van der Waals surface area contributed by atoms with Crippen molar-refractivity contribution >= 4 is 24.8 Å². The van der Waals surface area contributed by atoms with E-state index in [1.54, 1.807) is 0 Å². The molecule has 0 heterocycles. The summed E-state index contributed by atoms with van der Waals surface area (Å²) >= 11 is 0. The van der Waals surface area contributed by atoms with Crippen molar-refractivity contribution in [1.29, 1.82) is 0 Å². The van der Waals surface area contributed by atoms with Gasteiger partial charge in [0.15, 0.2) is 0 Å². The number of aliphatic hydroxyl groups is 2. The van der Waals surface area contributed by atoms with E-state index in [0.717, 1.165) is 25.9 Å². The zero-order chi connectivity index (χ0) is 9.78. The molecule has 0 spiro atoms. The number of unbranched alkanes of at least 4 members (excludes halogenated alkanes) is 2. The minimum Gasteiger partial charge on any atom is -0.395 e. The Balaban J connectivity index is -0.000000720. The molecule has 4 N–H and O–H groups in total. The van der Waals surface area contributed by atoms with Crippen LogP contribution in [0.25, 0.3) is 0 Å². The molecule has 0 amide bonds. The fraction of sp³-hybridized carbons (Fsp3) is 1.00. The van der Waals surface area contributed by atoms with Crippen LogP contribution >= 0.6 is 24.8 Å². The molecule has 0 saturated carbocycles. The van der Waals surface area contributed by atoms with E-state index in [4.69, 9.17) is 10.2 Å². The zero-order valence-electron chi connectivity index (χ0n) is 9.07. The highest BCUT2D eigenvalue weighted by Crippen LogP contribution is 1.91. The Kier molecular flexibility index (Phi) is 27.6. The van der Waals surface area contributed by atoms with E-state index in [-0.39, 0.29) is 38.0 Å².